The van der Waals surface area contributed by atoms with Gasteiger partial charge in [-0.1, -0.05) is 46.6 Å². The molecular weight excluding hydrogens is 442 g/mol. The van der Waals surface area contributed by atoms with Gasteiger partial charge in [-0.2, -0.15) is 0 Å². The number of aliphatic hydroxyl groups is 2. The zero-order valence-corrected chi connectivity index (χ0v) is 22.2. The lowest BCUT2D eigenvalue weighted by Crippen LogP contribution is -2.45. The van der Waals surface area contributed by atoms with Crippen molar-refractivity contribution in [3.8, 4) is 0 Å². The monoisotopic (exact) mass is 485 g/mol. The number of nitrogens with zero attached hydrogens (tertiary/aromatic N) is 1. The van der Waals surface area contributed by atoms with Crippen LogP contribution in [0.5, 0.6) is 0 Å². The number of pyridine rings is 1. The molecule has 2 aliphatic rings. The fourth-order valence-electron chi connectivity index (χ4n) is 5.34. The molecule has 194 valence electrons. The molecule has 1 saturated heterocycles. The van der Waals surface area contributed by atoms with Crippen molar-refractivity contribution < 1.29 is 24.5 Å². The Morgan fingerprint density at radius 2 is 1.83 bits per heavy atom. The highest BCUT2D eigenvalue weighted by Crippen LogP contribution is 2.47. The third-order valence-corrected chi connectivity index (χ3v) is 8.25. The highest BCUT2D eigenvalue weighted by Gasteiger charge is 2.43. The Bertz CT molecular complexity index is 922. The number of rotatable bonds is 2. The van der Waals surface area contributed by atoms with E-state index in [2.05, 4.69) is 4.98 Å². The quantitative estimate of drug-likeness (QED) is 0.579. The number of esters is 1. The lowest BCUT2D eigenvalue weighted by atomic mass is 9.73. The zero-order valence-electron chi connectivity index (χ0n) is 22.2. The van der Waals surface area contributed by atoms with Crippen LogP contribution in [0.4, 0.5) is 0 Å². The second-order valence-electron chi connectivity index (χ2n) is 11.6. The van der Waals surface area contributed by atoms with Crippen LogP contribution < -0.4 is 0 Å². The highest BCUT2D eigenvalue weighted by molar-refractivity contribution is 5.88. The molecule has 0 bridgehead atoms. The summed E-state index contributed by atoms with van der Waals surface area (Å²) in [5.74, 6) is -0.271. The summed E-state index contributed by atoms with van der Waals surface area (Å²) in [5, 5.41) is 21.7. The SMILES string of the molecule is CC(=Cc1ccc(C)cn1)[C@@H]1C[C@@H]2C[C@H]2CCC[C@H](C)[C@H](O)[C@@H](C)C(=O)C(C)(C)[C@@H](O)CC(=O)O1. The molecule has 2 N–H and O–H groups in total. The molecule has 0 aromatic carbocycles. The van der Waals surface area contributed by atoms with Gasteiger partial charge in [-0.05, 0) is 74.1 Å². The van der Waals surface area contributed by atoms with Gasteiger partial charge in [-0.15, -0.1) is 0 Å². The van der Waals surface area contributed by atoms with E-state index in [1.807, 2.05) is 45.2 Å². The summed E-state index contributed by atoms with van der Waals surface area (Å²) < 4.78 is 5.91. The number of hydrogen-bond acceptors (Lipinski definition) is 6. The summed E-state index contributed by atoms with van der Waals surface area (Å²) in [5.41, 5.74) is 1.65. The van der Waals surface area contributed by atoms with Gasteiger partial charge in [0.05, 0.1) is 29.7 Å². The van der Waals surface area contributed by atoms with Crippen molar-refractivity contribution in [2.24, 2.45) is 29.1 Å². The standard InChI is InChI=1S/C29H43NO5/c1-17-10-11-23(30-16-17)12-19(3)24-14-22-13-21(22)9-7-8-18(2)27(33)20(4)28(34)29(5,6)25(31)15-26(32)35-24/h10-12,16,18,20-22,24-25,27,31,33H,7-9,13-15H2,1-6H3/t18-,20+,21+,22-,24-,25-,27-/m0/s1. The Hall–Kier alpha value is -2.05. The summed E-state index contributed by atoms with van der Waals surface area (Å²) >= 11 is 0. The van der Waals surface area contributed by atoms with Gasteiger partial charge in [-0.3, -0.25) is 14.6 Å². The second kappa shape index (κ2) is 11.3. The Morgan fingerprint density at radius 3 is 2.49 bits per heavy atom. The molecule has 1 aliphatic carbocycles. The van der Waals surface area contributed by atoms with Crippen LogP contribution >= 0.6 is 0 Å². The molecule has 0 amide bonds. The van der Waals surface area contributed by atoms with Crippen LogP contribution in [0, 0.1) is 36.0 Å². The Kier molecular flexibility index (Phi) is 8.92. The van der Waals surface area contributed by atoms with E-state index in [1.165, 1.54) is 0 Å². The molecule has 6 nitrogen and oxygen atoms in total. The van der Waals surface area contributed by atoms with Crippen molar-refractivity contribution in [2.75, 3.05) is 0 Å². The topological polar surface area (TPSA) is 96.7 Å². The van der Waals surface area contributed by atoms with E-state index in [-0.39, 0.29) is 24.2 Å². The van der Waals surface area contributed by atoms with Crippen molar-refractivity contribution in [3.05, 3.63) is 35.2 Å². The molecule has 0 unspecified atom stereocenters. The molecule has 35 heavy (non-hydrogen) atoms. The van der Waals surface area contributed by atoms with Gasteiger partial charge in [0.25, 0.3) is 0 Å². The van der Waals surface area contributed by atoms with Crippen LogP contribution in [0.3, 0.4) is 0 Å². The van der Waals surface area contributed by atoms with Crippen LogP contribution in [0.1, 0.15) is 84.4 Å². The smallest absolute Gasteiger partial charge is 0.309 e. The molecule has 7 atom stereocenters. The minimum atomic E-state index is -1.20. The van der Waals surface area contributed by atoms with Crippen molar-refractivity contribution in [1.82, 2.24) is 4.98 Å². The number of aromatic nitrogens is 1. The third kappa shape index (κ3) is 7.01. The van der Waals surface area contributed by atoms with Gasteiger partial charge in [0.2, 0.25) is 0 Å². The predicted molar refractivity (Wildman–Crippen MR) is 136 cm³/mol. The minimum absolute atomic E-state index is 0.00287. The molecule has 6 heteroatoms. The maximum Gasteiger partial charge on any atom is 0.309 e. The van der Waals surface area contributed by atoms with E-state index >= 15 is 0 Å². The Morgan fingerprint density at radius 1 is 1.11 bits per heavy atom. The maximum atomic E-state index is 13.2. The van der Waals surface area contributed by atoms with Gasteiger partial charge in [-0.25, -0.2) is 0 Å². The first kappa shape index (κ1) is 27.5. The molecule has 0 radical (unpaired) electrons. The molecule has 2 fully saturated rings. The first-order valence-corrected chi connectivity index (χ1v) is 13.1. The third-order valence-electron chi connectivity index (χ3n) is 8.25. The van der Waals surface area contributed by atoms with Crippen LogP contribution in [0.15, 0.2) is 23.9 Å². The Balaban J connectivity index is 1.82. The lowest BCUT2D eigenvalue weighted by Gasteiger charge is -2.34. The number of aliphatic hydroxyl groups excluding tert-OH is 2. The van der Waals surface area contributed by atoms with Crippen molar-refractivity contribution in [2.45, 2.75) is 98.4 Å². The first-order valence-electron chi connectivity index (χ1n) is 13.1. The zero-order chi connectivity index (χ0) is 25.9. The number of ketones is 1. The van der Waals surface area contributed by atoms with E-state index in [0.29, 0.717) is 11.8 Å². The summed E-state index contributed by atoms with van der Waals surface area (Å²) in [6.07, 6.45) is 5.96. The largest absolute Gasteiger partial charge is 0.458 e. The second-order valence-corrected chi connectivity index (χ2v) is 11.6. The van der Waals surface area contributed by atoms with Gasteiger partial charge in [0.15, 0.2) is 0 Å². The first-order chi connectivity index (χ1) is 16.4. The average molecular weight is 486 g/mol. The van der Waals surface area contributed by atoms with E-state index in [9.17, 15) is 19.8 Å². The number of aryl methyl sites for hydroxylation is 1. The lowest BCUT2D eigenvalue weighted by molar-refractivity contribution is -0.154. The predicted octanol–water partition coefficient (Wildman–Crippen LogP) is 4.89. The summed E-state index contributed by atoms with van der Waals surface area (Å²) in [4.78, 5) is 30.6. The van der Waals surface area contributed by atoms with Crippen molar-refractivity contribution in [3.63, 3.8) is 0 Å². The van der Waals surface area contributed by atoms with Crippen LogP contribution in [-0.2, 0) is 14.3 Å². The van der Waals surface area contributed by atoms with Crippen molar-refractivity contribution >= 4 is 17.8 Å². The van der Waals surface area contributed by atoms with Gasteiger partial charge in [0, 0.05) is 12.1 Å². The molecule has 2 heterocycles. The van der Waals surface area contributed by atoms with Gasteiger partial charge >= 0.3 is 5.97 Å². The number of fused-ring (bicyclic) bond motifs is 1. The molecule has 1 aliphatic heterocycles. The number of ether oxygens (including phenoxy) is 1. The number of carbonyl (C=O) groups is 2. The number of hydrogen-bond donors (Lipinski definition) is 2. The molecule has 3 rings (SSSR count). The van der Waals surface area contributed by atoms with E-state index < -0.39 is 29.5 Å². The molecule has 1 aromatic heterocycles. The minimum Gasteiger partial charge on any atom is -0.458 e. The fourth-order valence-corrected chi connectivity index (χ4v) is 5.34. The Labute approximate surface area is 210 Å². The van der Waals surface area contributed by atoms with Crippen LogP contribution in [0.25, 0.3) is 6.08 Å². The summed E-state index contributed by atoms with van der Waals surface area (Å²) in [7, 11) is 0. The highest BCUT2D eigenvalue weighted by atomic mass is 16.5. The molecule has 1 aromatic rings. The van der Waals surface area contributed by atoms with Gasteiger partial charge in [0.1, 0.15) is 11.9 Å². The summed E-state index contributed by atoms with van der Waals surface area (Å²) in [6, 6.07) is 3.95. The molecular formula is C29H43NO5. The molecule has 1 saturated carbocycles. The van der Waals surface area contributed by atoms with Crippen molar-refractivity contribution in [1.29, 1.82) is 0 Å². The number of Topliss-reactive ketones (excluding diaryl/α,β-unsaturated/α-hetero) is 1. The van der Waals surface area contributed by atoms with Crippen LogP contribution in [-0.4, -0.2) is 45.3 Å². The van der Waals surface area contributed by atoms with E-state index in [0.717, 1.165) is 48.9 Å². The fraction of sp³-hybridized carbons (Fsp3) is 0.690. The summed E-state index contributed by atoms with van der Waals surface area (Å²) in [6.45, 7) is 11.0. The normalized spacial score (nSPS) is 35.2. The van der Waals surface area contributed by atoms with Crippen LogP contribution in [0.2, 0.25) is 0 Å². The van der Waals surface area contributed by atoms with E-state index in [1.54, 1.807) is 20.8 Å². The number of cyclic esters (lactones) is 1. The maximum absolute atomic E-state index is 13.2. The van der Waals surface area contributed by atoms with Gasteiger partial charge < -0.3 is 14.9 Å². The molecule has 0 spiro atoms. The number of carbonyl (C=O) groups excluding carboxylic acids is 2. The van der Waals surface area contributed by atoms with E-state index in [4.69, 9.17) is 4.74 Å². The average Bonchev–Trinajstić information content (AvgIpc) is 3.55.